The quantitative estimate of drug-likeness (QED) is 0.888. The van der Waals surface area contributed by atoms with Gasteiger partial charge in [-0.3, -0.25) is 0 Å². The number of benzene rings is 1. The largest absolute Gasteiger partial charge is 0.496 e. The van der Waals surface area contributed by atoms with Crippen molar-refractivity contribution in [3.8, 4) is 5.75 Å². The van der Waals surface area contributed by atoms with Crippen LogP contribution in [0.5, 0.6) is 5.75 Å². The normalized spacial score (nSPS) is 13.7. The molecule has 3 nitrogen and oxygen atoms in total. The molecule has 0 aliphatic rings. The van der Waals surface area contributed by atoms with Crippen molar-refractivity contribution >= 4 is 0 Å². The SMILES string of the molecule is COc1ccc(C(O)CCN(C)C)cc1C(C)(C)C. The zero-order valence-electron chi connectivity index (χ0n) is 13.0. The van der Waals surface area contributed by atoms with Crippen molar-refractivity contribution in [1.29, 1.82) is 0 Å². The highest BCUT2D eigenvalue weighted by Gasteiger charge is 2.20. The summed E-state index contributed by atoms with van der Waals surface area (Å²) in [6.45, 7) is 7.33. The van der Waals surface area contributed by atoms with Gasteiger partial charge in [-0.2, -0.15) is 0 Å². The third-order valence-corrected chi connectivity index (χ3v) is 3.27. The number of rotatable bonds is 5. The minimum atomic E-state index is -0.422. The fourth-order valence-corrected chi connectivity index (χ4v) is 2.07. The van der Waals surface area contributed by atoms with E-state index in [1.165, 1.54) is 0 Å². The van der Waals surface area contributed by atoms with Crippen LogP contribution >= 0.6 is 0 Å². The molecule has 0 saturated carbocycles. The van der Waals surface area contributed by atoms with Crippen molar-refractivity contribution in [2.45, 2.75) is 38.7 Å². The highest BCUT2D eigenvalue weighted by Crippen LogP contribution is 2.33. The summed E-state index contributed by atoms with van der Waals surface area (Å²) in [6.07, 6.45) is 0.317. The summed E-state index contributed by atoms with van der Waals surface area (Å²) in [6, 6.07) is 5.97. The maximum Gasteiger partial charge on any atom is 0.122 e. The first-order chi connectivity index (χ1) is 8.75. The number of aliphatic hydroxyl groups is 1. The van der Waals surface area contributed by atoms with Gasteiger partial charge in [-0.05, 0) is 49.2 Å². The van der Waals surface area contributed by atoms with Crippen LogP contribution in [0.3, 0.4) is 0 Å². The molecule has 0 aliphatic carbocycles. The summed E-state index contributed by atoms with van der Waals surface area (Å²) >= 11 is 0. The number of nitrogens with zero attached hydrogens (tertiary/aromatic N) is 1. The first-order valence-corrected chi connectivity index (χ1v) is 6.77. The lowest BCUT2D eigenvalue weighted by Crippen LogP contribution is -2.17. The maximum absolute atomic E-state index is 10.3. The number of aliphatic hydroxyl groups excluding tert-OH is 1. The third kappa shape index (κ3) is 4.51. The Balaban J connectivity index is 2.98. The standard InChI is InChI=1S/C16H27NO2/c1-16(2,3)13-11-12(7-8-15(13)19-6)14(18)9-10-17(4)5/h7-8,11,14,18H,9-10H2,1-6H3. The molecule has 3 heteroatoms. The molecule has 0 fully saturated rings. The van der Waals surface area contributed by atoms with Gasteiger partial charge in [-0.1, -0.05) is 26.8 Å². The second-order valence-electron chi connectivity index (χ2n) is 6.32. The number of hydrogen-bond donors (Lipinski definition) is 1. The van der Waals surface area contributed by atoms with Crippen LogP contribution in [0.4, 0.5) is 0 Å². The monoisotopic (exact) mass is 265 g/mol. The van der Waals surface area contributed by atoms with E-state index in [4.69, 9.17) is 4.74 Å². The lowest BCUT2D eigenvalue weighted by atomic mass is 9.84. The second-order valence-corrected chi connectivity index (χ2v) is 6.32. The lowest BCUT2D eigenvalue weighted by molar-refractivity contribution is 0.154. The van der Waals surface area contributed by atoms with Gasteiger partial charge in [0.15, 0.2) is 0 Å². The molecule has 1 aromatic rings. The molecule has 0 heterocycles. The van der Waals surface area contributed by atoms with Gasteiger partial charge in [0.2, 0.25) is 0 Å². The molecule has 0 bridgehead atoms. The van der Waals surface area contributed by atoms with Crippen LogP contribution in [-0.4, -0.2) is 37.8 Å². The Morgan fingerprint density at radius 1 is 1.26 bits per heavy atom. The van der Waals surface area contributed by atoms with Crippen molar-refractivity contribution in [1.82, 2.24) is 4.90 Å². The van der Waals surface area contributed by atoms with Gasteiger partial charge in [-0.25, -0.2) is 0 Å². The summed E-state index contributed by atoms with van der Waals surface area (Å²) in [5.74, 6) is 0.885. The van der Waals surface area contributed by atoms with Crippen LogP contribution in [0.1, 0.15) is 44.4 Å². The molecule has 1 rings (SSSR count). The minimum Gasteiger partial charge on any atom is -0.496 e. The first-order valence-electron chi connectivity index (χ1n) is 6.77. The van der Waals surface area contributed by atoms with E-state index in [1.807, 2.05) is 26.2 Å². The van der Waals surface area contributed by atoms with Gasteiger partial charge in [0.25, 0.3) is 0 Å². The fraction of sp³-hybridized carbons (Fsp3) is 0.625. The lowest BCUT2D eigenvalue weighted by Gasteiger charge is -2.24. The van der Waals surface area contributed by atoms with Crippen LogP contribution in [0.2, 0.25) is 0 Å². The Labute approximate surface area is 117 Å². The van der Waals surface area contributed by atoms with Gasteiger partial charge in [0.1, 0.15) is 5.75 Å². The first kappa shape index (κ1) is 16.0. The number of hydrogen-bond acceptors (Lipinski definition) is 3. The average Bonchev–Trinajstić information content (AvgIpc) is 2.34. The number of ether oxygens (including phenoxy) is 1. The summed E-state index contributed by atoms with van der Waals surface area (Å²) in [5.41, 5.74) is 2.10. The van der Waals surface area contributed by atoms with Gasteiger partial charge >= 0.3 is 0 Å². The topological polar surface area (TPSA) is 32.7 Å². The summed E-state index contributed by atoms with van der Waals surface area (Å²) in [7, 11) is 5.72. The zero-order chi connectivity index (χ0) is 14.6. The molecule has 0 aromatic heterocycles. The molecule has 0 saturated heterocycles. The van der Waals surface area contributed by atoms with Crippen molar-refractivity contribution < 1.29 is 9.84 Å². The van der Waals surface area contributed by atoms with Crippen molar-refractivity contribution in [2.24, 2.45) is 0 Å². The highest BCUT2D eigenvalue weighted by molar-refractivity contribution is 5.42. The van der Waals surface area contributed by atoms with Gasteiger partial charge in [0.05, 0.1) is 13.2 Å². The fourth-order valence-electron chi connectivity index (χ4n) is 2.07. The van der Waals surface area contributed by atoms with Crippen molar-refractivity contribution in [3.63, 3.8) is 0 Å². The molecular formula is C16H27NO2. The summed E-state index contributed by atoms with van der Waals surface area (Å²) in [4.78, 5) is 2.08. The average molecular weight is 265 g/mol. The Hall–Kier alpha value is -1.06. The summed E-state index contributed by atoms with van der Waals surface area (Å²) < 4.78 is 5.41. The van der Waals surface area contributed by atoms with Crippen LogP contribution in [0, 0.1) is 0 Å². The molecule has 1 aromatic carbocycles. The Morgan fingerprint density at radius 3 is 2.37 bits per heavy atom. The number of methoxy groups -OCH3 is 1. The minimum absolute atomic E-state index is 0.00260. The van der Waals surface area contributed by atoms with E-state index in [1.54, 1.807) is 7.11 Å². The Kier molecular flexibility index (Phi) is 5.39. The molecule has 0 spiro atoms. The van der Waals surface area contributed by atoms with E-state index < -0.39 is 6.10 Å². The third-order valence-electron chi connectivity index (χ3n) is 3.27. The Morgan fingerprint density at radius 2 is 1.89 bits per heavy atom. The predicted molar refractivity (Wildman–Crippen MR) is 79.8 cm³/mol. The van der Waals surface area contributed by atoms with Crippen LogP contribution in [0.15, 0.2) is 18.2 Å². The van der Waals surface area contributed by atoms with E-state index in [-0.39, 0.29) is 5.41 Å². The van der Waals surface area contributed by atoms with E-state index in [0.29, 0.717) is 0 Å². The zero-order valence-corrected chi connectivity index (χ0v) is 13.0. The molecule has 0 aliphatic heterocycles. The van der Waals surface area contributed by atoms with E-state index >= 15 is 0 Å². The van der Waals surface area contributed by atoms with Crippen LogP contribution < -0.4 is 4.74 Å². The molecule has 1 atom stereocenters. The maximum atomic E-state index is 10.3. The molecule has 0 amide bonds. The molecule has 0 radical (unpaired) electrons. The predicted octanol–water partition coefficient (Wildman–Crippen LogP) is 2.98. The van der Waals surface area contributed by atoms with Gasteiger partial charge in [-0.15, -0.1) is 0 Å². The van der Waals surface area contributed by atoms with Gasteiger partial charge < -0.3 is 14.7 Å². The van der Waals surface area contributed by atoms with Crippen molar-refractivity contribution in [3.05, 3.63) is 29.3 Å². The molecule has 19 heavy (non-hydrogen) atoms. The molecule has 1 N–H and O–H groups in total. The van der Waals surface area contributed by atoms with E-state index in [9.17, 15) is 5.11 Å². The Bertz CT molecular complexity index is 408. The van der Waals surface area contributed by atoms with Crippen LogP contribution in [0.25, 0.3) is 0 Å². The second kappa shape index (κ2) is 6.40. The molecular weight excluding hydrogens is 238 g/mol. The molecule has 108 valence electrons. The van der Waals surface area contributed by atoms with Crippen molar-refractivity contribution in [2.75, 3.05) is 27.7 Å². The smallest absolute Gasteiger partial charge is 0.122 e. The highest BCUT2D eigenvalue weighted by atomic mass is 16.5. The van der Waals surface area contributed by atoms with Gasteiger partial charge in [0, 0.05) is 6.54 Å². The van der Waals surface area contributed by atoms with E-state index in [2.05, 4.69) is 31.7 Å². The summed E-state index contributed by atoms with van der Waals surface area (Å²) in [5, 5.41) is 10.3. The van der Waals surface area contributed by atoms with Crippen LogP contribution in [-0.2, 0) is 5.41 Å². The van der Waals surface area contributed by atoms with E-state index in [0.717, 1.165) is 29.8 Å². The molecule has 1 unspecified atom stereocenters.